The van der Waals surface area contributed by atoms with Gasteiger partial charge in [0.2, 0.25) is 5.91 Å². The van der Waals surface area contributed by atoms with Gasteiger partial charge in [-0.3, -0.25) is 4.79 Å². The second-order valence-electron chi connectivity index (χ2n) is 5.88. The first-order chi connectivity index (χ1) is 10.3. The molecule has 6 heteroatoms. The van der Waals surface area contributed by atoms with Gasteiger partial charge >= 0.3 is 6.03 Å². The molecule has 1 aromatic rings. The quantitative estimate of drug-likeness (QED) is 0.798. The van der Waals surface area contributed by atoms with Crippen LogP contribution < -0.4 is 16.0 Å². The summed E-state index contributed by atoms with van der Waals surface area (Å²) < 4.78 is 0. The Hall–Kier alpha value is -1.69. The molecule has 0 aliphatic carbocycles. The van der Waals surface area contributed by atoms with Gasteiger partial charge in [-0.15, -0.1) is 11.8 Å². The fourth-order valence-corrected chi connectivity index (χ4v) is 3.73. The van der Waals surface area contributed by atoms with E-state index >= 15 is 0 Å². The van der Waals surface area contributed by atoms with E-state index in [4.69, 9.17) is 0 Å². The molecule has 2 atom stereocenters. The average molecular weight is 321 g/mol. The Morgan fingerprint density at radius 2 is 1.91 bits per heavy atom. The largest absolute Gasteiger partial charge is 0.336 e. The van der Waals surface area contributed by atoms with Gasteiger partial charge in [-0.2, -0.15) is 0 Å². The molecule has 3 amide bonds. The third-order valence-electron chi connectivity index (χ3n) is 3.59. The number of urea groups is 1. The molecule has 5 nitrogen and oxygen atoms in total. The van der Waals surface area contributed by atoms with Crippen LogP contribution in [0.25, 0.3) is 0 Å². The van der Waals surface area contributed by atoms with Crippen LogP contribution in [0.2, 0.25) is 0 Å². The van der Waals surface area contributed by atoms with Crippen LogP contribution in [0.4, 0.5) is 10.5 Å². The molecule has 0 aromatic heterocycles. The lowest BCUT2D eigenvalue weighted by atomic mass is 10.1. The maximum atomic E-state index is 12.1. The van der Waals surface area contributed by atoms with E-state index in [1.165, 1.54) is 17.3 Å². The number of anilines is 1. The number of aryl methyl sites for hydroxylation is 3. The van der Waals surface area contributed by atoms with Crippen LogP contribution in [0.1, 0.15) is 30.0 Å². The zero-order valence-corrected chi connectivity index (χ0v) is 14.3. The summed E-state index contributed by atoms with van der Waals surface area (Å²) in [6.45, 7) is 8.00. The molecule has 1 aliphatic heterocycles. The van der Waals surface area contributed by atoms with E-state index in [1.54, 1.807) is 0 Å². The second-order valence-corrected chi connectivity index (χ2v) is 7.07. The predicted molar refractivity (Wildman–Crippen MR) is 91.3 cm³/mol. The van der Waals surface area contributed by atoms with E-state index in [9.17, 15) is 9.59 Å². The van der Waals surface area contributed by atoms with Crippen molar-refractivity contribution in [2.75, 3.05) is 11.1 Å². The lowest BCUT2D eigenvalue weighted by Crippen LogP contribution is -2.52. The average Bonchev–Trinajstić information content (AvgIpc) is 2.39. The van der Waals surface area contributed by atoms with Crippen molar-refractivity contribution in [1.82, 2.24) is 10.6 Å². The molecule has 1 aliphatic rings. The van der Waals surface area contributed by atoms with E-state index in [0.29, 0.717) is 5.75 Å². The molecule has 2 unspecified atom stereocenters. The summed E-state index contributed by atoms with van der Waals surface area (Å²) in [6, 6.07) is 4.09. The van der Waals surface area contributed by atoms with Crippen LogP contribution in [0.3, 0.4) is 0 Å². The highest BCUT2D eigenvalue weighted by Crippen LogP contribution is 2.23. The first-order valence-corrected chi connectivity index (χ1v) is 8.46. The van der Waals surface area contributed by atoms with Gasteiger partial charge in [-0.1, -0.05) is 17.7 Å². The zero-order chi connectivity index (χ0) is 16.3. The van der Waals surface area contributed by atoms with E-state index in [0.717, 1.165) is 23.2 Å². The van der Waals surface area contributed by atoms with Gasteiger partial charge < -0.3 is 16.0 Å². The molecule has 1 heterocycles. The first kappa shape index (κ1) is 16.7. The summed E-state index contributed by atoms with van der Waals surface area (Å²) in [5.41, 5.74) is 4.21. The van der Waals surface area contributed by atoms with Crippen LogP contribution in [0, 0.1) is 20.8 Å². The lowest BCUT2D eigenvalue weighted by molar-refractivity contribution is -0.113. The Morgan fingerprint density at radius 1 is 1.27 bits per heavy atom. The number of benzene rings is 1. The van der Waals surface area contributed by atoms with Gasteiger partial charge in [0, 0.05) is 11.7 Å². The van der Waals surface area contributed by atoms with Crippen LogP contribution in [-0.2, 0) is 4.79 Å². The number of rotatable bonds is 4. The van der Waals surface area contributed by atoms with Crippen molar-refractivity contribution < 1.29 is 9.59 Å². The first-order valence-electron chi connectivity index (χ1n) is 7.41. The summed E-state index contributed by atoms with van der Waals surface area (Å²) in [4.78, 5) is 23.6. The highest BCUT2D eigenvalue weighted by atomic mass is 32.2. The van der Waals surface area contributed by atoms with Gasteiger partial charge in [0.05, 0.1) is 11.1 Å². The van der Waals surface area contributed by atoms with E-state index in [-0.39, 0.29) is 23.4 Å². The van der Waals surface area contributed by atoms with Crippen molar-refractivity contribution in [2.45, 2.75) is 45.5 Å². The molecule has 1 aromatic carbocycles. The molecule has 0 spiro atoms. The molecule has 0 bridgehead atoms. The van der Waals surface area contributed by atoms with E-state index in [1.807, 2.05) is 27.7 Å². The highest BCUT2D eigenvalue weighted by molar-refractivity contribution is 8.00. The Kier molecular flexibility index (Phi) is 5.34. The minimum Gasteiger partial charge on any atom is -0.336 e. The molecule has 120 valence electrons. The molecule has 22 heavy (non-hydrogen) atoms. The van der Waals surface area contributed by atoms with Gasteiger partial charge in [0.15, 0.2) is 0 Å². The number of carbonyl (C=O) groups excluding carboxylic acids is 2. The van der Waals surface area contributed by atoms with E-state index in [2.05, 4.69) is 28.1 Å². The minimum absolute atomic E-state index is 0.0188. The number of thioether (sulfide) groups is 1. The summed E-state index contributed by atoms with van der Waals surface area (Å²) in [5, 5.41) is 8.58. The highest BCUT2D eigenvalue weighted by Gasteiger charge is 2.23. The summed E-state index contributed by atoms with van der Waals surface area (Å²) in [7, 11) is 0. The van der Waals surface area contributed by atoms with Gasteiger partial charge in [0.1, 0.15) is 0 Å². The molecular formula is C16H23N3O2S. The summed E-state index contributed by atoms with van der Waals surface area (Å²) in [6.07, 6.45) is 0.812. The number of hydrogen-bond donors (Lipinski definition) is 3. The minimum atomic E-state index is -0.165. The summed E-state index contributed by atoms with van der Waals surface area (Å²) >= 11 is 1.46. The van der Waals surface area contributed by atoms with Crippen LogP contribution >= 0.6 is 11.8 Å². The molecule has 3 N–H and O–H groups in total. The normalized spacial score (nSPS) is 21.0. The van der Waals surface area contributed by atoms with Crippen molar-refractivity contribution in [2.24, 2.45) is 0 Å². The number of hydrogen-bond acceptors (Lipinski definition) is 3. The Morgan fingerprint density at radius 3 is 2.50 bits per heavy atom. The molecule has 1 saturated heterocycles. The van der Waals surface area contributed by atoms with Crippen molar-refractivity contribution in [3.8, 4) is 0 Å². The van der Waals surface area contributed by atoms with Crippen molar-refractivity contribution in [1.29, 1.82) is 0 Å². The summed E-state index contributed by atoms with van der Waals surface area (Å²) in [5.74, 6) is 0.283. The van der Waals surface area contributed by atoms with E-state index < -0.39 is 0 Å². The third-order valence-corrected chi connectivity index (χ3v) is 4.74. The molecule has 0 radical (unpaired) electrons. The van der Waals surface area contributed by atoms with Gasteiger partial charge in [-0.25, -0.2) is 4.79 Å². The van der Waals surface area contributed by atoms with Crippen LogP contribution in [0.5, 0.6) is 0 Å². The smallest absolute Gasteiger partial charge is 0.315 e. The van der Waals surface area contributed by atoms with Gasteiger partial charge in [-0.05, 0) is 45.2 Å². The monoisotopic (exact) mass is 321 g/mol. The van der Waals surface area contributed by atoms with Crippen molar-refractivity contribution >= 4 is 29.4 Å². The molecule has 0 saturated carbocycles. The number of nitrogens with one attached hydrogen (secondary N) is 3. The van der Waals surface area contributed by atoms with Crippen LogP contribution in [0.15, 0.2) is 12.1 Å². The SMILES string of the molecule is Cc1cc(C)c(NC(=O)CSC2CC(C)NC(=O)N2)c(C)c1. The fourth-order valence-electron chi connectivity index (χ4n) is 2.69. The fraction of sp³-hybridized carbons (Fsp3) is 0.500. The van der Waals surface area contributed by atoms with Crippen molar-refractivity contribution in [3.05, 3.63) is 28.8 Å². The topological polar surface area (TPSA) is 70.2 Å². The maximum Gasteiger partial charge on any atom is 0.315 e. The van der Waals surface area contributed by atoms with Gasteiger partial charge in [0.25, 0.3) is 0 Å². The Labute approximate surface area is 135 Å². The maximum absolute atomic E-state index is 12.1. The number of amides is 3. The molecule has 1 fully saturated rings. The molecular weight excluding hydrogens is 298 g/mol. The second kappa shape index (κ2) is 7.05. The van der Waals surface area contributed by atoms with Crippen molar-refractivity contribution in [3.63, 3.8) is 0 Å². The zero-order valence-electron chi connectivity index (χ0n) is 13.4. The Bertz CT molecular complexity index is 566. The lowest BCUT2D eigenvalue weighted by Gasteiger charge is -2.28. The number of carbonyl (C=O) groups is 2. The van der Waals surface area contributed by atoms with Crippen LogP contribution in [-0.4, -0.2) is 29.1 Å². The standard InChI is InChI=1S/C16H23N3O2S/c1-9-5-10(2)15(11(3)6-9)18-13(20)8-22-14-7-12(4)17-16(21)19-14/h5-6,12,14H,7-8H2,1-4H3,(H,18,20)(H2,17,19,21). The third kappa shape index (κ3) is 4.40. The predicted octanol–water partition coefficient (Wildman–Crippen LogP) is 2.70. The molecule has 2 rings (SSSR count). The Balaban J connectivity index is 1.90.